The van der Waals surface area contributed by atoms with Crippen LogP contribution in [0.3, 0.4) is 0 Å². The van der Waals surface area contributed by atoms with Crippen LogP contribution in [0.1, 0.15) is 17.0 Å². The van der Waals surface area contributed by atoms with E-state index in [1.54, 1.807) is 22.5 Å². The molecular formula is C22H24N4O4S. The molecule has 9 heteroatoms. The summed E-state index contributed by atoms with van der Waals surface area (Å²) in [7, 11) is -3.52. The molecule has 0 bridgehead atoms. The summed E-state index contributed by atoms with van der Waals surface area (Å²) in [6.45, 7) is 5.21. The van der Waals surface area contributed by atoms with Crippen molar-refractivity contribution in [1.82, 2.24) is 19.3 Å². The lowest BCUT2D eigenvalue weighted by atomic mass is 10.1. The van der Waals surface area contributed by atoms with Crippen LogP contribution in [0.15, 0.2) is 51.9 Å². The molecule has 0 amide bonds. The Hall–Kier alpha value is -2.75. The highest BCUT2D eigenvalue weighted by atomic mass is 32.2. The monoisotopic (exact) mass is 440 g/mol. The van der Waals surface area contributed by atoms with E-state index in [4.69, 9.17) is 9.26 Å². The Labute approximate surface area is 181 Å². The van der Waals surface area contributed by atoms with Crippen molar-refractivity contribution < 1.29 is 17.7 Å². The fourth-order valence-electron chi connectivity index (χ4n) is 3.93. The number of nitrogens with zero attached hydrogens (tertiary/aromatic N) is 4. The zero-order chi connectivity index (χ0) is 21.4. The third-order valence-corrected chi connectivity index (χ3v) is 7.66. The maximum atomic E-state index is 13.1. The SMILES string of the molecule is Cc1ccc(-c2noc(CN3CCN(S(=O)(=O)c4ccc5c(c4)CCO5)CC3)n2)cc1. The molecule has 5 rings (SSSR count). The van der Waals surface area contributed by atoms with Crippen molar-refractivity contribution in [3.63, 3.8) is 0 Å². The molecule has 0 spiro atoms. The van der Waals surface area contributed by atoms with Gasteiger partial charge in [0.1, 0.15) is 5.75 Å². The summed E-state index contributed by atoms with van der Waals surface area (Å²) in [5.41, 5.74) is 3.05. The maximum Gasteiger partial charge on any atom is 0.243 e. The van der Waals surface area contributed by atoms with Gasteiger partial charge >= 0.3 is 0 Å². The molecule has 0 N–H and O–H groups in total. The molecule has 2 aliphatic heterocycles. The molecule has 1 fully saturated rings. The second-order valence-corrected chi connectivity index (χ2v) is 9.86. The molecule has 2 aliphatic rings. The van der Waals surface area contributed by atoms with Gasteiger partial charge < -0.3 is 9.26 Å². The number of rotatable bonds is 5. The summed E-state index contributed by atoms with van der Waals surface area (Å²) in [4.78, 5) is 6.96. The van der Waals surface area contributed by atoms with Gasteiger partial charge in [-0.25, -0.2) is 8.42 Å². The van der Waals surface area contributed by atoms with Crippen LogP contribution in [0.5, 0.6) is 5.75 Å². The molecule has 0 unspecified atom stereocenters. The van der Waals surface area contributed by atoms with Crippen molar-refractivity contribution in [1.29, 1.82) is 0 Å². The van der Waals surface area contributed by atoms with Gasteiger partial charge in [0.05, 0.1) is 18.0 Å². The van der Waals surface area contributed by atoms with Crippen molar-refractivity contribution in [2.75, 3.05) is 32.8 Å². The highest BCUT2D eigenvalue weighted by Gasteiger charge is 2.30. The van der Waals surface area contributed by atoms with Crippen LogP contribution < -0.4 is 4.74 Å². The summed E-state index contributed by atoms with van der Waals surface area (Å²) in [6, 6.07) is 13.1. The third kappa shape index (κ3) is 4.08. The van der Waals surface area contributed by atoms with E-state index in [0.29, 0.717) is 55.9 Å². The molecule has 31 heavy (non-hydrogen) atoms. The number of ether oxygens (including phenoxy) is 1. The zero-order valence-electron chi connectivity index (χ0n) is 17.3. The smallest absolute Gasteiger partial charge is 0.243 e. The molecule has 3 heterocycles. The summed E-state index contributed by atoms with van der Waals surface area (Å²) in [5.74, 6) is 1.88. The van der Waals surface area contributed by atoms with E-state index in [1.165, 1.54) is 5.56 Å². The normalized spacial score (nSPS) is 17.5. The fourth-order valence-corrected chi connectivity index (χ4v) is 5.40. The van der Waals surface area contributed by atoms with Gasteiger partial charge in [-0.1, -0.05) is 35.0 Å². The minimum Gasteiger partial charge on any atom is -0.493 e. The largest absolute Gasteiger partial charge is 0.493 e. The summed E-state index contributed by atoms with van der Waals surface area (Å²) < 4.78 is 38.6. The van der Waals surface area contributed by atoms with Crippen LogP contribution in [0.2, 0.25) is 0 Å². The second-order valence-electron chi connectivity index (χ2n) is 7.93. The number of piperazine rings is 1. The Balaban J connectivity index is 1.21. The Bertz CT molecular complexity index is 1180. The molecule has 162 valence electrons. The Morgan fingerprint density at radius 2 is 1.81 bits per heavy atom. The van der Waals surface area contributed by atoms with Crippen LogP contribution in [-0.4, -0.2) is 60.5 Å². The molecular weight excluding hydrogens is 416 g/mol. The summed E-state index contributed by atoms with van der Waals surface area (Å²) >= 11 is 0. The van der Waals surface area contributed by atoms with E-state index in [1.807, 2.05) is 31.2 Å². The molecule has 0 atom stereocenters. The highest BCUT2D eigenvalue weighted by molar-refractivity contribution is 7.89. The van der Waals surface area contributed by atoms with Crippen molar-refractivity contribution >= 4 is 10.0 Å². The van der Waals surface area contributed by atoms with E-state index in [2.05, 4.69) is 15.0 Å². The van der Waals surface area contributed by atoms with Crippen LogP contribution >= 0.6 is 0 Å². The zero-order valence-corrected chi connectivity index (χ0v) is 18.1. The average Bonchev–Trinajstić information content (AvgIpc) is 3.43. The Kier molecular flexibility index (Phi) is 5.25. The van der Waals surface area contributed by atoms with Gasteiger partial charge in [-0.2, -0.15) is 9.29 Å². The number of fused-ring (bicyclic) bond motifs is 1. The van der Waals surface area contributed by atoms with Gasteiger partial charge in [0, 0.05) is 38.2 Å². The lowest BCUT2D eigenvalue weighted by Crippen LogP contribution is -2.48. The van der Waals surface area contributed by atoms with Crippen LogP contribution in [0, 0.1) is 6.92 Å². The molecule has 1 saturated heterocycles. The first-order chi connectivity index (χ1) is 15.0. The molecule has 0 saturated carbocycles. The van der Waals surface area contributed by atoms with Gasteiger partial charge in [0.15, 0.2) is 0 Å². The molecule has 0 radical (unpaired) electrons. The highest BCUT2D eigenvalue weighted by Crippen LogP contribution is 2.29. The van der Waals surface area contributed by atoms with E-state index in [-0.39, 0.29) is 0 Å². The molecule has 0 aliphatic carbocycles. The minimum atomic E-state index is -3.52. The van der Waals surface area contributed by atoms with Gasteiger partial charge in [0.25, 0.3) is 0 Å². The number of benzene rings is 2. The number of aryl methyl sites for hydroxylation is 1. The van der Waals surface area contributed by atoms with E-state index in [0.717, 1.165) is 23.3 Å². The number of hydrogen-bond donors (Lipinski definition) is 0. The lowest BCUT2D eigenvalue weighted by Gasteiger charge is -2.33. The topological polar surface area (TPSA) is 88.8 Å². The van der Waals surface area contributed by atoms with Crippen LogP contribution in [0.25, 0.3) is 11.4 Å². The van der Waals surface area contributed by atoms with Crippen molar-refractivity contribution in [2.24, 2.45) is 0 Å². The van der Waals surface area contributed by atoms with E-state index >= 15 is 0 Å². The first kappa shape index (κ1) is 20.2. The second kappa shape index (κ2) is 8.07. The molecule has 2 aromatic carbocycles. The number of aromatic nitrogens is 2. The number of sulfonamides is 1. The Morgan fingerprint density at radius 3 is 2.58 bits per heavy atom. The Morgan fingerprint density at radius 1 is 1.03 bits per heavy atom. The van der Waals surface area contributed by atoms with Gasteiger partial charge in [-0.05, 0) is 30.7 Å². The van der Waals surface area contributed by atoms with Gasteiger partial charge in [0.2, 0.25) is 21.7 Å². The predicted molar refractivity (Wildman–Crippen MR) is 114 cm³/mol. The van der Waals surface area contributed by atoms with Gasteiger partial charge in [-0.3, -0.25) is 4.90 Å². The molecule has 1 aromatic heterocycles. The van der Waals surface area contributed by atoms with E-state index in [9.17, 15) is 8.42 Å². The van der Waals surface area contributed by atoms with Gasteiger partial charge in [-0.15, -0.1) is 0 Å². The quantitative estimate of drug-likeness (QED) is 0.602. The van der Waals surface area contributed by atoms with Crippen LogP contribution in [-0.2, 0) is 23.0 Å². The molecule has 3 aromatic rings. The standard InChI is InChI=1S/C22H24N4O4S/c1-16-2-4-17(5-3-16)22-23-21(30-24-22)15-25-9-11-26(12-10-25)31(27,28)19-6-7-20-18(14-19)8-13-29-20/h2-7,14H,8-13,15H2,1H3. The van der Waals surface area contributed by atoms with Crippen molar-refractivity contribution in [3.8, 4) is 17.1 Å². The number of hydrogen-bond acceptors (Lipinski definition) is 7. The third-order valence-electron chi connectivity index (χ3n) is 5.77. The van der Waals surface area contributed by atoms with Crippen molar-refractivity contribution in [2.45, 2.75) is 24.8 Å². The predicted octanol–water partition coefficient (Wildman–Crippen LogP) is 2.49. The lowest BCUT2D eigenvalue weighted by molar-refractivity contribution is 0.163. The minimum absolute atomic E-state index is 0.338. The summed E-state index contributed by atoms with van der Waals surface area (Å²) in [5, 5.41) is 4.07. The molecule has 8 nitrogen and oxygen atoms in total. The first-order valence-electron chi connectivity index (χ1n) is 10.4. The van der Waals surface area contributed by atoms with E-state index < -0.39 is 10.0 Å². The summed E-state index contributed by atoms with van der Waals surface area (Å²) in [6.07, 6.45) is 0.751. The fraction of sp³-hybridized carbons (Fsp3) is 0.364. The first-order valence-corrected chi connectivity index (χ1v) is 11.8. The van der Waals surface area contributed by atoms with Crippen molar-refractivity contribution in [3.05, 3.63) is 59.5 Å². The maximum absolute atomic E-state index is 13.1. The van der Waals surface area contributed by atoms with Crippen LogP contribution in [0.4, 0.5) is 0 Å². The average molecular weight is 441 g/mol.